The number of carbonyl (C=O) groups is 1. The van der Waals surface area contributed by atoms with E-state index in [2.05, 4.69) is 15.6 Å². The Morgan fingerprint density at radius 1 is 1.00 bits per heavy atom. The van der Waals surface area contributed by atoms with Crippen molar-refractivity contribution in [3.63, 3.8) is 0 Å². The minimum absolute atomic E-state index is 0.205. The van der Waals surface area contributed by atoms with Crippen LogP contribution in [0.15, 0.2) is 42.6 Å². The molecule has 1 amide bonds. The first kappa shape index (κ1) is 17.3. The first-order valence-electron chi connectivity index (χ1n) is 8.13. The number of carbonyl (C=O) groups excluding carboxylic acids is 1. The molecule has 0 radical (unpaired) electrons. The third kappa shape index (κ3) is 4.49. The number of amides is 1. The summed E-state index contributed by atoms with van der Waals surface area (Å²) in [5.41, 5.74) is 0.591. The average molecular weight is 349 g/mol. The van der Waals surface area contributed by atoms with E-state index in [0.717, 1.165) is 30.7 Å². The fourth-order valence-electron chi connectivity index (χ4n) is 2.86. The van der Waals surface area contributed by atoms with Crippen molar-refractivity contribution in [1.29, 1.82) is 0 Å². The van der Waals surface area contributed by atoms with Gasteiger partial charge in [0, 0.05) is 11.7 Å². The normalized spacial score (nSPS) is 15.2. The van der Waals surface area contributed by atoms with Crippen molar-refractivity contribution in [1.82, 2.24) is 4.98 Å². The Bertz CT molecular complexity index is 721. The second kappa shape index (κ2) is 7.13. The standard InChI is InChI=1S/C18H18F3N3O/c19-18(20,21)12-5-7-14(8-6-12)24-17(25)16-10-9-15(11-22-16)23-13-3-1-2-4-13/h5-11,13,23H,1-4H2,(H,24,25). The van der Waals surface area contributed by atoms with Gasteiger partial charge >= 0.3 is 6.18 Å². The van der Waals surface area contributed by atoms with Crippen LogP contribution in [0, 0.1) is 0 Å². The van der Waals surface area contributed by atoms with Crippen LogP contribution in [0.4, 0.5) is 24.5 Å². The van der Waals surface area contributed by atoms with Crippen molar-refractivity contribution in [3.8, 4) is 0 Å². The molecule has 3 rings (SSSR count). The highest BCUT2D eigenvalue weighted by Crippen LogP contribution is 2.29. The van der Waals surface area contributed by atoms with Crippen molar-refractivity contribution in [2.45, 2.75) is 37.9 Å². The molecule has 0 spiro atoms. The summed E-state index contributed by atoms with van der Waals surface area (Å²) in [6.07, 6.45) is 1.91. The predicted octanol–water partition coefficient (Wildman–Crippen LogP) is 4.71. The molecule has 0 atom stereocenters. The van der Waals surface area contributed by atoms with E-state index in [1.807, 2.05) is 0 Å². The lowest BCUT2D eigenvalue weighted by Crippen LogP contribution is -2.16. The summed E-state index contributed by atoms with van der Waals surface area (Å²) in [6, 6.07) is 8.13. The lowest BCUT2D eigenvalue weighted by molar-refractivity contribution is -0.137. The van der Waals surface area contributed by atoms with Crippen molar-refractivity contribution in [2.24, 2.45) is 0 Å². The van der Waals surface area contributed by atoms with Crippen LogP contribution >= 0.6 is 0 Å². The van der Waals surface area contributed by atoms with Gasteiger partial charge in [0.1, 0.15) is 5.69 Å². The quantitative estimate of drug-likeness (QED) is 0.841. The molecule has 1 saturated carbocycles. The Morgan fingerprint density at radius 3 is 2.20 bits per heavy atom. The number of hydrogen-bond acceptors (Lipinski definition) is 3. The second-order valence-electron chi connectivity index (χ2n) is 6.09. The van der Waals surface area contributed by atoms with Gasteiger partial charge in [-0.2, -0.15) is 13.2 Å². The van der Waals surface area contributed by atoms with Crippen LogP contribution in [0.25, 0.3) is 0 Å². The third-order valence-corrected chi connectivity index (χ3v) is 4.19. The monoisotopic (exact) mass is 349 g/mol. The molecule has 1 aliphatic carbocycles. The van der Waals surface area contributed by atoms with E-state index < -0.39 is 17.6 Å². The number of hydrogen-bond donors (Lipinski definition) is 2. The summed E-state index contributed by atoms with van der Waals surface area (Å²) in [7, 11) is 0. The number of nitrogens with one attached hydrogen (secondary N) is 2. The third-order valence-electron chi connectivity index (χ3n) is 4.19. The van der Waals surface area contributed by atoms with E-state index >= 15 is 0 Å². The summed E-state index contributed by atoms with van der Waals surface area (Å²) in [5, 5.41) is 5.92. The molecule has 0 unspecified atom stereocenters. The molecule has 1 heterocycles. The fourth-order valence-corrected chi connectivity index (χ4v) is 2.86. The highest BCUT2D eigenvalue weighted by atomic mass is 19.4. The molecule has 1 aromatic heterocycles. The van der Waals surface area contributed by atoms with Gasteiger partial charge in [0.2, 0.25) is 0 Å². The van der Waals surface area contributed by atoms with Crippen LogP contribution in [0.5, 0.6) is 0 Å². The van der Waals surface area contributed by atoms with Gasteiger partial charge in [-0.15, -0.1) is 0 Å². The first-order chi connectivity index (χ1) is 11.9. The minimum atomic E-state index is -4.40. The van der Waals surface area contributed by atoms with Crippen LogP contribution in [-0.4, -0.2) is 16.9 Å². The molecule has 2 aromatic rings. The maximum atomic E-state index is 12.5. The average Bonchev–Trinajstić information content (AvgIpc) is 3.08. The Hall–Kier alpha value is -2.57. The molecular formula is C18H18F3N3O. The molecule has 1 fully saturated rings. The lowest BCUT2D eigenvalue weighted by Gasteiger charge is -2.13. The van der Waals surface area contributed by atoms with Crippen LogP contribution in [-0.2, 0) is 6.18 Å². The zero-order valence-corrected chi connectivity index (χ0v) is 13.4. The van der Waals surface area contributed by atoms with Gasteiger partial charge in [0.15, 0.2) is 0 Å². The number of halogens is 3. The van der Waals surface area contributed by atoms with Crippen LogP contribution < -0.4 is 10.6 Å². The van der Waals surface area contributed by atoms with E-state index in [1.165, 1.54) is 25.0 Å². The number of rotatable bonds is 4. The van der Waals surface area contributed by atoms with E-state index in [9.17, 15) is 18.0 Å². The van der Waals surface area contributed by atoms with Crippen molar-refractivity contribution in [3.05, 3.63) is 53.9 Å². The minimum Gasteiger partial charge on any atom is -0.381 e. The molecule has 0 bridgehead atoms. The summed E-state index contributed by atoms with van der Waals surface area (Å²) in [6.45, 7) is 0. The van der Waals surface area contributed by atoms with Gasteiger partial charge in [-0.25, -0.2) is 4.98 Å². The molecule has 0 saturated heterocycles. The summed E-state index contributed by atoms with van der Waals surface area (Å²) >= 11 is 0. The molecule has 0 aliphatic heterocycles. The molecule has 132 valence electrons. The van der Waals surface area contributed by atoms with Crippen molar-refractivity contribution < 1.29 is 18.0 Å². The van der Waals surface area contributed by atoms with Gasteiger partial charge in [-0.05, 0) is 49.2 Å². The molecular weight excluding hydrogens is 331 g/mol. The van der Waals surface area contributed by atoms with E-state index in [1.54, 1.807) is 18.3 Å². The Labute approximate surface area is 143 Å². The number of benzene rings is 1. The topological polar surface area (TPSA) is 54.0 Å². The highest BCUT2D eigenvalue weighted by Gasteiger charge is 2.30. The van der Waals surface area contributed by atoms with Gasteiger partial charge in [0.05, 0.1) is 17.4 Å². The first-order valence-corrected chi connectivity index (χ1v) is 8.13. The van der Waals surface area contributed by atoms with E-state index in [0.29, 0.717) is 6.04 Å². The van der Waals surface area contributed by atoms with E-state index in [-0.39, 0.29) is 11.4 Å². The lowest BCUT2D eigenvalue weighted by atomic mass is 10.2. The highest BCUT2D eigenvalue weighted by molar-refractivity contribution is 6.02. The molecule has 4 nitrogen and oxygen atoms in total. The summed E-state index contributed by atoms with van der Waals surface area (Å²) < 4.78 is 37.6. The number of pyridine rings is 1. The van der Waals surface area contributed by atoms with E-state index in [4.69, 9.17) is 0 Å². The van der Waals surface area contributed by atoms with Crippen LogP contribution in [0.1, 0.15) is 41.7 Å². The zero-order valence-electron chi connectivity index (χ0n) is 13.4. The van der Waals surface area contributed by atoms with Gasteiger partial charge in [-0.1, -0.05) is 12.8 Å². The van der Waals surface area contributed by atoms with Gasteiger partial charge in [-0.3, -0.25) is 4.79 Å². The second-order valence-corrected chi connectivity index (χ2v) is 6.09. The smallest absolute Gasteiger partial charge is 0.381 e. The van der Waals surface area contributed by atoms with Gasteiger partial charge in [0.25, 0.3) is 5.91 Å². The van der Waals surface area contributed by atoms with Crippen LogP contribution in [0.2, 0.25) is 0 Å². The Kier molecular flexibility index (Phi) is 4.92. The summed E-state index contributed by atoms with van der Waals surface area (Å²) in [4.78, 5) is 16.3. The van der Waals surface area contributed by atoms with Crippen molar-refractivity contribution >= 4 is 17.3 Å². The maximum Gasteiger partial charge on any atom is 0.416 e. The number of aromatic nitrogens is 1. The Morgan fingerprint density at radius 2 is 1.64 bits per heavy atom. The molecule has 1 aliphatic rings. The SMILES string of the molecule is O=C(Nc1ccc(C(F)(F)F)cc1)c1ccc(NC2CCCC2)cn1. The number of alkyl halides is 3. The zero-order chi connectivity index (χ0) is 17.9. The predicted molar refractivity (Wildman–Crippen MR) is 89.5 cm³/mol. The maximum absolute atomic E-state index is 12.5. The molecule has 7 heteroatoms. The number of nitrogens with zero attached hydrogens (tertiary/aromatic N) is 1. The largest absolute Gasteiger partial charge is 0.416 e. The fraction of sp³-hybridized carbons (Fsp3) is 0.333. The van der Waals surface area contributed by atoms with Crippen molar-refractivity contribution in [2.75, 3.05) is 10.6 Å². The molecule has 25 heavy (non-hydrogen) atoms. The van der Waals surface area contributed by atoms with Gasteiger partial charge < -0.3 is 10.6 Å². The number of anilines is 2. The summed E-state index contributed by atoms with van der Waals surface area (Å²) in [5.74, 6) is -0.466. The Balaban J connectivity index is 1.60. The van der Waals surface area contributed by atoms with Crippen LogP contribution in [0.3, 0.4) is 0 Å². The molecule has 2 N–H and O–H groups in total. The molecule has 1 aromatic carbocycles.